The van der Waals surface area contributed by atoms with Gasteiger partial charge in [0.2, 0.25) is 0 Å². The van der Waals surface area contributed by atoms with E-state index in [-0.39, 0.29) is 6.04 Å². The Labute approximate surface area is 199 Å². The number of aromatic carboxylic acids is 1. The molecule has 0 spiro atoms. The molecule has 1 atom stereocenters. The molecule has 0 saturated carbocycles. The molecule has 0 aliphatic heterocycles. The van der Waals surface area contributed by atoms with Crippen LogP contribution in [0.2, 0.25) is 0 Å². The van der Waals surface area contributed by atoms with Gasteiger partial charge in [-0.05, 0) is 81.4 Å². The molecular weight excluding hydrogens is 418 g/mol. The standard InChI is InChI=1S/C31H27NO2/c1-20-14-15-25(18-29(20)31(33)34)30-17-22(16-24-9-4-6-12-28(24)30)19-32-21(2)26-13-7-10-23-8-3-5-11-27(23)26/h3-18,21,32H,19H2,1-2H3,(H,33,34). The quantitative estimate of drug-likeness (QED) is 0.284. The molecule has 0 radical (unpaired) electrons. The highest BCUT2D eigenvalue weighted by molar-refractivity contribution is 5.99. The lowest BCUT2D eigenvalue weighted by molar-refractivity contribution is 0.0696. The normalized spacial score (nSPS) is 12.2. The van der Waals surface area contributed by atoms with Crippen molar-refractivity contribution in [1.82, 2.24) is 5.32 Å². The Morgan fingerprint density at radius 3 is 2.32 bits per heavy atom. The largest absolute Gasteiger partial charge is 0.478 e. The van der Waals surface area contributed by atoms with Crippen LogP contribution in [0.25, 0.3) is 32.7 Å². The second-order valence-corrected chi connectivity index (χ2v) is 8.87. The van der Waals surface area contributed by atoms with E-state index in [0.29, 0.717) is 12.1 Å². The number of carboxylic acids is 1. The van der Waals surface area contributed by atoms with Crippen molar-refractivity contribution in [2.45, 2.75) is 26.4 Å². The minimum absolute atomic E-state index is 0.180. The van der Waals surface area contributed by atoms with Gasteiger partial charge in [-0.3, -0.25) is 0 Å². The summed E-state index contributed by atoms with van der Waals surface area (Å²) in [6.07, 6.45) is 0. The zero-order valence-electron chi connectivity index (χ0n) is 19.4. The Kier molecular flexibility index (Phi) is 5.87. The van der Waals surface area contributed by atoms with Crippen molar-refractivity contribution < 1.29 is 9.90 Å². The fraction of sp³-hybridized carbons (Fsp3) is 0.129. The molecular formula is C31H27NO2. The van der Waals surface area contributed by atoms with Gasteiger partial charge >= 0.3 is 5.97 Å². The third kappa shape index (κ3) is 4.18. The summed E-state index contributed by atoms with van der Waals surface area (Å²) in [6.45, 7) is 4.74. The van der Waals surface area contributed by atoms with Gasteiger partial charge in [0.25, 0.3) is 0 Å². The molecule has 3 heteroatoms. The summed E-state index contributed by atoms with van der Waals surface area (Å²) >= 11 is 0. The molecule has 3 nitrogen and oxygen atoms in total. The van der Waals surface area contributed by atoms with Crippen LogP contribution in [-0.2, 0) is 6.54 Å². The van der Waals surface area contributed by atoms with Crippen LogP contribution in [0.5, 0.6) is 0 Å². The van der Waals surface area contributed by atoms with Crippen LogP contribution in [-0.4, -0.2) is 11.1 Å². The molecule has 5 rings (SSSR count). The third-order valence-corrected chi connectivity index (χ3v) is 6.60. The maximum absolute atomic E-state index is 11.7. The summed E-state index contributed by atoms with van der Waals surface area (Å²) in [4.78, 5) is 11.7. The second-order valence-electron chi connectivity index (χ2n) is 8.87. The fourth-order valence-corrected chi connectivity index (χ4v) is 4.74. The van der Waals surface area contributed by atoms with Gasteiger partial charge in [0.05, 0.1) is 5.56 Å². The predicted molar refractivity (Wildman–Crippen MR) is 140 cm³/mol. The van der Waals surface area contributed by atoms with Crippen molar-refractivity contribution in [3.05, 3.63) is 119 Å². The van der Waals surface area contributed by atoms with E-state index in [4.69, 9.17) is 0 Å². The number of nitrogens with one attached hydrogen (secondary N) is 1. The molecule has 0 amide bonds. The highest BCUT2D eigenvalue weighted by atomic mass is 16.4. The lowest BCUT2D eigenvalue weighted by Crippen LogP contribution is -2.18. The van der Waals surface area contributed by atoms with Crippen molar-refractivity contribution >= 4 is 27.5 Å². The molecule has 0 bridgehead atoms. The number of hydrogen-bond acceptors (Lipinski definition) is 2. The molecule has 0 fully saturated rings. The Morgan fingerprint density at radius 1 is 0.824 bits per heavy atom. The maximum Gasteiger partial charge on any atom is 0.335 e. The number of rotatable bonds is 6. The maximum atomic E-state index is 11.7. The predicted octanol–water partition coefficient (Wildman–Crippen LogP) is 7.52. The summed E-state index contributed by atoms with van der Waals surface area (Å²) in [5.74, 6) is -0.898. The molecule has 0 saturated heterocycles. The van der Waals surface area contributed by atoms with Crippen LogP contribution in [0.4, 0.5) is 0 Å². The molecule has 2 N–H and O–H groups in total. The lowest BCUT2D eigenvalue weighted by Gasteiger charge is -2.18. The highest BCUT2D eigenvalue weighted by Gasteiger charge is 2.13. The first-order valence-corrected chi connectivity index (χ1v) is 11.6. The molecule has 0 aliphatic carbocycles. The fourth-order valence-electron chi connectivity index (χ4n) is 4.74. The summed E-state index contributed by atoms with van der Waals surface area (Å²) in [5, 5.41) is 18.1. The number of benzene rings is 5. The van der Waals surface area contributed by atoms with Crippen LogP contribution < -0.4 is 5.32 Å². The first-order chi connectivity index (χ1) is 16.5. The number of aryl methyl sites for hydroxylation is 1. The van der Waals surface area contributed by atoms with Crippen molar-refractivity contribution in [3.63, 3.8) is 0 Å². The van der Waals surface area contributed by atoms with E-state index in [1.54, 1.807) is 6.07 Å². The van der Waals surface area contributed by atoms with Crippen molar-refractivity contribution in [1.29, 1.82) is 0 Å². The van der Waals surface area contributed by atoms with E-state index in [9.17, 15) is 9.90 Å². The zero-order valence-corrected chi connectivity index (χ0v) is 19.4. The van der Waals surface area contributed by atoms with Gasteiger partial charge in [0.15, 0.2) is 0 Å². The van der Waals surface area contributed by atoms with Crippen LogP contribution in [0, 0.1) is 6.92 Å². The topological polar surface area (TPSA) is 49.3 Å². The average Bonchev–Trinajstić information content (AvgIpc) is 2.86. The van der Waals surface area contributed by atoms with Gasteiger partial charge in [-0.25, -0.2) is 4.79 Å². The van der Waals surface area contributed by atoms with Crippen LogP contribution in [0.3, 0.4) is 0 Å². The van der Waals surface area contributed by atoms with Crippen LogP contribution in [0.15, 0.2) is 97.1 Å². The minimum Gasteiger partial charge on any atom is -0.478 e. The third-order valence-electron chi connectivity index (χ3n) is 6.60. The van der Waals surface area contributed by atoms with Crippen molar-refractivity contribution in [2.75, 3.05) is 0 Å². The van der Waals surface area contributed by atoms with E-state index in [1.165, 1.54) is 21.9 Å². The monoisotopic (exact) mass is 445 g/mol. The van der Waals surface area contributed by atoms with Gasteiger partial charge in [-0.15, -0.1) is 0 Å². The second kappa shape index (κ2) is 9.12. The average molecular weight is 446 g/mol. The summed E-state index contributed by atoms with van der Waals surface area (Å²) in [6, 6.07) is 33.5. The summed E-state index contributed by atoms with van der Waals surface area (Å²) < 4.78 is 0. The SMILES string of the molecule is Cc1ccc(-c2cc(CNC(C)c3cccc4ccccc34)cc3ccccc23)cc1C(=O)O. The first-order valence-electron chi connectivity index (χ1n) is 11.6. The first kappa shape index (κ1) is 21.9. The molecule has 5 aromatic carbocycles. The minimum atomic E-state index is -0.898. The lowest BCUT2D eigenvalue weighted by atomic mass is 9.93. The Hall–Kier alpha value is -3.95. The Morgan fingerprint density at radius 2 is 1.53 bits per heavy atom. The molecule has 168 valence electrons. The molecule has 5 aromatic rings. The zero-order chi connectivity index (χ0) is 23.7. The van der Waals surface area contributed by atoms with Gasteiger partial charge in [-0.1, -0.05) is 78.9 Å². The number of hydrogen-bond donors (Lipinski definition) is 2. The van der Waals surface area contributed by atoms with E-state index < -0.39 is 5.97 Å². The Bertz CT molecular complexity index is 1510. The van der Waals surface area contributed by atoms with Gasteiger partial charge in [-0.2, -0.15) is 0 Å². The van der Waals surface area contributed by atoms with E-state index in [1.807, 2.05) is 31.2 Å². The van der Waals surface area contributed by atoms with E-state index >= 15 is 0 Å². The number of carboxylic acid groups (broad SMARTS) is 1. The van der Waals surface area contributed by atoms with Gasteiger partial charge < -0.3 is 10.4 Å². The molecule has 0 aliphatic rings. The smallest absolute Gasteiger partial charge is 0.335 e. The molecule has 0 aromatic heterocycles. The van der Waals surface area contributed by atoms with Crippen LogP contribution >= 0.6 is 0 Å². The highest BCUT2D eigenvalue weighted by Crippen LogP contribution is 2.32. The van der Waals surface area contributed by atoms with Gasteiger partial charge in [0, 0.05) is 12.6 Å². The number of fused-ring (bicyclic) bond motifs is 2. The van der Waals surface area contributed by atoms with Gasteiger partial charge in [0.1, 0.15) is 0 Å². The molecule has 0 heterocycles. The number of carbonyl (C=O) groups is 1. The van der Waals surface area contributed by atoms with Crippen molar-refractivity contribution in [3.8, 4) is 11.1 Å². The van der Waals surface area contributed by atoms with Crippen LogP contribution in [0.1, 0.15) is 40.0 Å². The van der Waals surface area contributed by atoms with Crippen molar-refractivity contribution in [2.24, 2.45) is 0 Å². The van der Waals surface area contributed by atoms with E-state index in [2.05, 4.69) is 79.0 Å². The molecule has 1 unspecified atom stereocenters. The molecule has 34 heavy (non-hydrogen) atoms. The summed E-state index contributed by atoms with van der Waals surface area (Å²) in [5.41, 5.74) is 5.53. The summed E-state index contributed by atoms with van der Waals surface area (Å²) in [7, 11) is 0. The Balaban J connectivity index is 1.50. The van der Waals surface area contributed by atoms with E-state index in [0.717, 1.165) is 27.5 Å².